The molecule has 2 aliphatic rings. The van der Waals surface area contributed by atoms with Crippen LogP contribution in [0, 0.1) is 5.92 Å². The van der Waals surface area contributed by atoms with E-state index in [0.717, 1.165) is 32.2 Å². The molecule has 2 N–H and O–H groups in total. The lowest BCUT2D eigenvalue weighted by Crippen LogP contribution is -2.61. The molecule has 0 aromatic heterocycles. The highest BCUT2D eigenvalue weighted by molar-refractivity contribution is 5.02. The lowest BCUT2D eigenvalue weighted by Gasteiger charge is -2.47. The molecule has 18 heavy (non-hydrogen) atoms. The van der Waals surface area contributed by atoms with Crippen LogP contribution in [0.1, 0.15) is 52.4 Å². The first-order valence-corrected chi connectivity index (χ1v) is 7.73. The summed E-state index contributed by atoms with van der Waals surface area (Å²) in [5, 5.41) is 0. The molecule has 1 saturated heterocycles. The lowest BCUT2D eigenvalue weighted by atomic mass is 9.82. The summed E-state index contributed by atoms with van der Waals surface area (Å²) in [6, 6.07) is 0.348. The normalized spacial score (nSPS) is 26.7. The van der Waals surface area contributed by atoms with Gasteiger partial charge in [0.15, 0.2) is 0 Å². The highest BCUT2D eigenvalue weighted by atomic mass is 16.5. The minimum Gasteiger partial charge on any atom is -0.379 e. The van der Waals surface area contributed by atoms with Gasteiger partial charge in [0.2, 0.25) is 0 Å². The van der Waals surface area contributed by atoms with Crippen molar-refractivity contribution in [3.05, 3.63) is 0 Å². The second-order valence-corrected chi connectivity index (χ2v) is 6.49. The van der Waals surface area contributed by atoms with Gasteiger partial charge in [-0.25, -0.2) is 0 Å². The second kappa shape index (κ2) is 6.36. The standard InChI is InChI=1S/C15H30N2O/c1-13(2)5-6-14(16)15(7-3-4-8-15)17-9-11-18-12-10-17/h13-14H,3-12,16H2,1-2H3. The minimum atomic E-state index is 0.290. The van der Waals surface area contributed by atoms with E-state index in [9.17, 15) is 0 Å². The third-order valence-corrected chi connectivity index (χ3v) is 4.86. The van der Waals surface area contributed by atoms with E-state index >= 15 is 0 Å². The van der Waals surface area contributed by atoms with Crippen molar-refractivity contribution in [2.45, 2.75) is 64.0 Å². The summed E-state index contributed by atoms with van der Waals surface area (Å²) in [4.78, 5) is 2.65. The number of nitrogens with zero attached hydrogens (tertiary/aromatic N) is 1. The van der Waals surface area contributed by atoms with Gasteiger partial charge >= 0.3 is 0 Å². The molecule has 0 amide bonds. The largest absolute Gasteiger partial charge is 0.379 e. The van der Waals surface area contributed by atoms with Crippen molar-refractivity contribution in [1.29, 1.82) is 0 Å². The fourth-order valence-electron chi connectivity index (χ4n) is 3.70. The fraction of sp³-hybridized carbons (Fsp3) is 1.00. The van der Waals surface area contributed by atoms with E-state index in [1.807, 2.05) is 0 Å². The van der Waals surface area contributed by atoms with Crippen LogP contribution in [0.25, 0.3) is 0 Å². The highest BCUT2D eigenvalue weighted by Crippen LogP contribution is 2.39. The van der Waals surface area contributed by atoms with Gasteiger partial charge in [0.1, 0.15) is 0 Å². The molecule has 1 aliphatic heterocycles. The predicted molar refractivity (Wildman–Crippen MR) is 75.6 cm³/mol. The molecule has 3 heteroatoms. The van der Waals surface area contributed by atoms with Crippen molar-refractivity contribution in [3.63, 3.8) is 0 Å². The Bertz CT molecular complexity index is 243. The van der Waals surface area contributed by atoms with Crippen LogP contribution in [-0.2, 0) is 4.74 Å². The maximum atomic E-state index is 6.61. The summed E-state index contributed by atoms with van der Waals surface area (Å²) in [6.07, 6.45) is 7.74. The molecule has 0 spiro atoms. The summed E-state index contributed by atoms with van der Waals surface area (Å²) < 4.78 is 5.50. The van der Waals surface area contributed by atoms with Crippen molar-refractivity contribution in [1.82, 2.24) is 4.90 Å². The number of rotatable bonds is 5. The number of hydrogen-bond acceptors (Lipinski definition) is 3. The average Bonchev–Trinajstić information content (AvgIpc) is 2.87. The molecule has 1 unspecified atom stereocenters. The van der Waals surface area contributed by atoms with Gasteiger partial charge in [-0.2, -0.15) is 0 Å². The molecule has 1 saturated carbocycles. The van der Waals surface area contributed by atoms with Gasteiger partial charge in [-0.05, 0) is 31.6 Å². The molecule has 1 atom stereocenters. The quantitative estimate of drug-likeness (QED) is 0.819. The Morgan fingerprint density at radius 2 is 1.72 bits per heavy atom. The lowest BCUT2D eigenvalue weighted by molar-refractivity contribution is -0.0321. The van der Waals surface area contributed by atoms with Gasteiger partial charge < -0.3 is 10.5 Å². The van der Waals surface area contributed by atoms with Gasteiger partial charge in [0.25, 0.3) is 0 Å². The Morgan fingerprint density at radius 1 is 1.11 bits per heavy atom. The molecule has 2 fully saturated rings. The number of nitrogens with two attached hydrogens (primary N) is 1. The summed E-state index contributed by atoms with van der Waals surface area (Å²) >= 11 is 0. The SMILES string of the molecule is CC(C)CCC(N)C1(N2CCOCC2)CCCC1. The summed E-state index contributed by atoms with van der Waals surface area (Å²) in [5.41, 5.74) is 6.90. The van der Waals surface area contributed by atoms with Crippen molar-refractivity contribution < 1.29 is 4.74 Å². The third-order valence-electron chi connectivity index (χ3n) is 4.86. The van der Waals surface area contributed by atoms with Gasteiger partial charge in [-0.3, -0.25) is 4.90 Å². The first-order chi connectivity index (χ1) is 8.65. The molecule has 3 nitrogen and oxygen atoms in total. The van der Waals surface area contributed by atoms with E-state index < -0.39 is 0 Å². The van der Waals surface area contributed by atoms with Crippen LogP contribution in [-0.4, -0.2) is 42.8 Å². The third kappa shape index (κ3) is 3.06. The smallest absolute Gasteiger partial charge is 0.0594 e. The molecule has 2 rings (SSSR count). The molecular weight excluding hydrogens is 224 g/mol. The maximum absolute atomic E-state index is 6.61. The molecule has 0 radical (unpaired) electrons. The maximum Gasteiger partial charge on any atom is 0.0594 e. The zero-order valence-corrected chi connectivity index (χ0v) is 12.2. The van der Waals surface area contributed by atoms with E-state index in [1.165, 1.54) is 38.5 Å². The Balaban J connectivity index is 2.00. The summed E-state index contributed by atoms with van der Waals surface area (Å²) in [7, 11) is 0. The van der Waals surface area contributed by atoms with Gasteiger partial charge in [0.05, 0.1) is 13.2 Å². The molecular formula is C15H30N2O. The van der Waals surface area contributed by atoms with E-state index in [0.29, 0.717) is 11.6 Å². The molecule has 0 bridgehead atoms. The second-order valence-electron chi connectivity index (χ2n) is 6.49. The molecule has 106 valence electrons. The zero-order chi connectivity index (χ0) is 13.0. The summed E-state index contributed by atoms with van der Waals surface area (Å²) in [5.74, 6) is 0.763. The monoisotopic (exact) mass is 254 g/mol. The van der Waals surface area contributed by atoms with E-state index in [1.54, 1.807) is 0 Å². The van der Waals surface area contributed by atoms with Crippen LogP contribution in [0.15, 0.2) is 0 Å². The Kier molecular flexibility index (Phi) is 5.05. The average molecular weight is 254 g/mol. The van der Waals surface area contributed by atoms with Crippen LogP contribution >= 0.6 is 0 Å². The first kappa shape index (κ1) is 14.3. The Labute approximate surface area is 112 Å². The van der Waals surface area contributed by atoms with Crippen LogP contribution in [0.4, 0.5) is 0 Å². The van der Waals surface area contributed by atoms with Gasteiger partial charge in [-0.1, -0.05) is 26.7 Å². The van der Waals surface area contributed by atoms with Crippen molar-refractivity contribution >= 4 is 0 Å². The Hall–Kier alpha value is -0.120. The van der Waals surface area contributed by atoms with Crippen molar-refractivity contribution in [2.24, 2.45) is 11.7 Å². The number of morpholine rings is 1. The van der Waals surface area contributed by atoms with Crippen LogP contribution in [0.2, 0.25) is 0 Å². The number of ether oxygens (including phenoxy) is 1. The summed E-state index contributed by atoms with van der Waals surface area (Å²) in [6.45, 7) is 8.52. The Morgan fingerprint density at radius 3 is 2.28 bits per heavy atom. The van der Waals surface area contributed by atoms with E-state index in [4.69, 9.17) is 10.5 Å². The van der Waals surface area contributed by atoms with E-state index in [-0.39, 0.29) is 0 Å². The molecule has 1 aliphatic carbocycles. The highest BCUT2D eigenvalue weighted by Gasteiger charge is 2.44. The fourth-order valence-corrected chi connectivity index (χ4v) is 3.70. The first-order valence-electron chi connectivity index (χ1n) is 7.73. The van der Waals surface area contributed by atoms with E-state index in [2.05, 4.69) is 18.7 Å². The van der Waals surface area contributed by atoms with Crippen LogP contribution < -0.4 is 5.73 Å². The van der Waals surface area contributed by atoms with Crippen LogP contribution in [0.3, 0.4) is 0 Å². The predicted octanol–water partition coefficient (Wildman–Crippen LogP) is 2.39. The molecule has 0 aromatic rings. The molecule has 1 heterocycles. The minimum absolute atomic E-state index is 0.290. The van der Waals surface area contributed by atoms with Crippen molar-refractivity contribution in [2.75, 3.05) is 26.3 Å². The topological polar surface area (TPSA) is 38.5 Å². The van der Waals surface area contributed by atoms with Gasteiger partial charge in [0, 0.05) is 24.7 Å². The zero-order valence-electron chi connectivity index (χ0n) is 12.2. The van der Waals surface area contributed by atoms with Crippen LogP contribution in [0.5, 0.6) is 0 Å². The van der Waals surface area contributed by atoms with Gasteiger partial charge in [-0.15, -0.1) is 0 Å². The van der Waals surface area contributed by atoms with Crippen molar-refractivity contribution in [3.8, 4) is 0 Å². The number of hydrogen-bond donors (Lipinski definition) is 1. The molecule has 0 aromatic carbocycles.